The molecule has 3 amide bonds. The molecule has 0 aliphatic rings. The molecule has 2 aromatic carbocycles. The maximum Gasteiger partial charge on any atom is 0.339 e. The minimum Gasteiger partial charge on any atom is -0.497 e. The molecule has 9 heteroatoms. The van der Waals surface area contributed by atoms with Crippen molar-refractivity contribution in [1.82, 2.24) is 10.4 Å². The van der Waals surface area contributed by atoms with Gasteiger partial charge in [-0.2, -0.15) is 5.10 Å². The predicted octanol–water partition coefficient (Wildman–Crippen LogP) is 3.99. The van der Waals surface area contributed by atoms with E-state index >= 15 is 0 Å². The SMILES string of the molecule is COc1ccc(N(C(C)=O)c2nc(/C=N\NC(=O)Nc3ccccc3)cs2)cc1. The number of urea groups is 1. The molecule has 0 unspecified atom stereocenters. The Labute approximate surface area is 171 Å². The molecule has 0 radical (unpaired) electrons. The summed E-state index contributed by atoms with van der Waals surface area (Å²) in [5, 5.41) is 8.78. The van der Waals surface area contributed by atoms with Gasteiger partial charge in [-0.1, -0.05) is 18.2 Å². The number of ether oxygens (including phenoxy) is 1. The fraction of sp³-hybridized carbons (Fsp3) is 0.100. The molecular weight excluding hydrogens is 390 g/mol. The Kier molecular flexibility index (Phi) is 6.54. The van der Waals surface area contributed by atoms with Crippen molar-refractivity contribution in [3.05, 3.63) is 65.7 Å². The number of thiazole rings is 1. The van der Waals surface area contributed by atoms with Crippen LogP contribution in [0.2, 0.25) is 0 Å². The number of para-hydroxylation sites is 1. The van der Waals surface area contributed by atoms with Gasteiger partial charge in [0.2, 0.25) is 5.91 Å². The van der Waals surface area contributed by atoms with Crippen molar-refractivity contribution in [2.24, 2.45) is 5.10 Å². The van der Waals surface area contributed by atoms with Crippen LogP contribution in [0, 0.1) is 0 Å². The van der Waals surface area contributed by atoms with Crippen molar-refractivity contribution >= 4 is 46.0 Å². The molecule has 0 bridgehead atoms. The Bertz CT molecular complexity index is 1000. The van der Waals surface area contributed by atoms with Gasteiger partial charge in [-0.05, 0) is 36.4 Å². The van der Waals surface area contributed by atoms with Crippen LogP contribution in [0.3, 0.4) is 0 Å². The van der Waals surface area contributed by atoms with E-state index in [0.717, 1.165) is 0 Å². The summed E-state index contributed by atoms with van der Waals surface area (Å²) < 4.78 is 5.15. The zero-order chi connectivity index (χ0) is 20.6. The van der Waals surface area contributed by atoms with Crippen molar-refractivity contribution in [1.29, 1.82) is 0 Å². The van der Waals surface area contributed by atoms with Gasteiger partial charge in [-0.25, -0.2) is 15.2 Å². The zero-order valence-electron chi connectivity index (χ0n) is 15.8. The standard InChI is InChI=1S/C20H19N5O3S/c1-14(26)25(17-8-10-18(28-2)11-9-17)20-23-16(13-29-20)12-21-24-19(27)22-15-6-4-3-5-7-15/h3-13H,1-2H3,(H2,22,24,27)/b21-12-. The Morgan fingerprint density at radius 1 is 1.14 bits per heavy atom. The second-order valence-electron chi connectivity index (χ2n) is 5.80. The molecule has 0 atom stereocenters. The molecule has 0 saturated heterocycles. The van der Waals surface area contributed by atoms with Gasteiger partial charge in [0.25, 0.3) is 0 Å². The summed E-state index contributed by atoms with van der Waals surface area (Å²) >= 11 is 1.30. The van der Waals surface area contributed by atoms with Gasteiger partial charge in [0.1, 0.15) is 5.75 Å². The highest BCUT2D eigenvalue weighted by molar-refractivity contribution is 7.14. The average Bonchev–Trinajstić information content (AvgIpc) is 3.17. The number of amides is 3. The molecule has 0 aliphatic carbocycles. The van der Waals surface area contributed by atoms with Crippen molar-refractivity contribution in [2.45, 2.75) is 6.92 Å². The topological polar surface area (TPSA) is 95.9 Å². The van der Waals surface area contributed by atoms with Crippen LogP contribution >= 0.6 is 11.3 Å². The molecule has 1 aromatic heterocycles. The van der Waals surface area contributed by atoms with Crippen LogP contribution in [0.1, 0.15) is 12.6 Å². The van der Waals surface area contributed by atoms with Crippen LogP contribution in [-0.2, 0) is 4.79 Å². The monoisotopic (exact) mass is 409 g/mol. The van der Waals surface area contributed by atoms with Gasteiger partial charge >= 0.3 is 6.03 Å². The van der Waals surface area contributed by atoms with E-state index < -0.39 is 6.03 Å². The van der Waals surface area contributed by atoms with Crippen LogP contribution in [0.4, 0.5) is 21.3 Å². The Morgan fingerprint density at radius 2 is 1.86 bits per heavy atom. The summed E-state index contributed by atoms with van der Waals surface area (Å²) in [4.78, 5) is 29.9. The van der Waals surface area contributed by atoms with Crippen molar-refractivity contribution in [2.75, 3.05) is 17.3 Å². The number of carbonyl (C=O) groups is 2. The zero-order valence-corrected chi connectivity index (χ0v) is 16.6. The molecule has 0 aliphatic heterocycles. The fourth-order valence-electron chi connectivity index (χ4n) is 2.43. The molecule has 3 aromatic rings. The number of hydrazone groups is 1. The van der Waals surface area contributed by atoms with Crippen molar-refractivity contribution < 1.29 is 14.3 Å². The van der Waals surface area contributed by atoms with Crippen LogP contribution in [-0.4, -0.2) is 30.2 Å². The van der Waals surface area contributed by atoms with E-state index in [9.17, 15) is 9.59 Å². The summed E-state index contributed by atoms with van der Waals surface area (Å²) in [6.45, 7) is 1.47. The lowest BCUT2D eigenvalue weighted by atomic mass is 10.3. The third kappa shape index (κ3) is 5.39. The number of hydrogen-bond donors (Lipinski definition) is 2. The number of rotatable bonds is 6. The summed E-state index contributed by atoms with van der Waals surface area (Å²) in [7, 11) is 1.58. The number of hydrogen-bond acceptors (Lipinski definition) is 6. The van der Waals surface area contributed by atoms with Crippen molar-refractivity contribution in [3.8, 4) is 5.75 Å². The Hall–Kier alpha value is -3.72. The lowest BCUT2D eigenvalue weighted by Crippen LogP contribution is -2.24. The van der Waals surface area contributed by atoms with E-state index in [4.69, 9.17) is 4.74 Å². The Balaban J connectivity index is 1.65. The maximum absolute atomic E-state index is 12.1. The molecule has 1 heterocycles. The van der Waals surface area contributed by atoms with Gasteiger partial charge in [-0.3, -0.25) is 9.69 Å². The van der Waals surface area contributed by atoms with Gasteiger partial charge in [-0.15, -0.1) is 11.3 Å². The number of anilines is 3. The minimum atomic E-state index is -0.466. The number of carbonyl (C=O) groups excluding carboxylic acids is 2. The first-order valence-corrected chi connectivity index (χ1v) is 9.50. The summed E-state index contributed by atoms with van der Waals surface area (Å²) in [5.74, 6) is 0.525. The smallest absolute Gasteiger partial charge is 0.339 e. The van der Waals surface area contributed by atoms with E-state index in [1.165, 1.54) is 29.4 Å². The van der Waals surface area contributed by atoms with E-state index in [1.807, 2.05) is 18.2 Å². The quantitative estimate of drug-likeness (QED) is 0.475. The first kappa shape index (κ1) is 20.0. The van der Waals surface area contributed by atoms with E-state index in [-0.39, 0.29) is 5.91 Å². The van der Waals surface area contributed by atoms with E-state index in [0.29, 0.717) is 27.9 Å². The van der Waals surface area contributed by atoms with E-state index in [2.05, 4.69) is 20.8 Å². The molecule has 0 fully saturated rings. The Morgan fingerprint density at radius 3 is 2.52 bits per heavy atom. The van der Waals surface area contributed by atoms with E-state index in [1.54, 1.807) is 48.9 Å². The lowest BCUT2D eigenvalue weighted by molar-refractivity contribution is -0.115. The molecule has 8 nitrogen and oxygen atoms in total. The highest BCUT2D eigenvalue weighted by atomic mass is 32.1. The first-order chi connectivity index (χ1) is 14.1. The van der Waals surface area contributed by atoms with Crippen LogP contribution in [0.5, 0.6) is 5.75 Å². The lowest BCUT2D eigenvalue weighted by Gasteiger charge is -2.18. The number of benzene rings is 2. The molecule has 148 valence electrons. The van der Waals surface area contributed by atoms with Crippen LogP contribution in [0.15, 0.2) is 65.1 Å². The minimum absolute atomic E-state index is 0.173. The van der Waals surface area contributed by atoms with Crippen LogP contribution < -0.4 is 20.4 Å². The number of nitrogens with one attached hydrogen (secondary N) is 2. The maximum atomic E-state index is 12.1. The predicted molar refractivity (Wildman–Crippen MR) is 114 cm³/mol. The normalized spacial score (nSPS) is 10.6. The van der Waals surface area contributed by atoms with Gasteiger partial charge in [0, 0.05) is 18.0 Å². The summed E-state index contributed by atoms with van der Waals surface area (Å²) in [5.41, 5.74) is 4.23. The second-order valence-corrected chi connectivity index (χ2v) is 6.63. The summed E-state index contributed by atoms with van der Waals surface area (Å²) in [6.07, 6.45) is 1.41. The summed E-state index contributed by atoms with van der Waals surface area (Å²) in [6, 6.07) is 15.7. The fourth-order valence-corrected chi connectivity index (χ4v) is 3.27. The van der Waals surface area contributed by atoms with Gasteiger partial charge < -0.3 is 10.1 Å². The molecule has 29 heavy (non-hydrogen) atoms. The molecule has 2 N–H and O–H groups in total. The first-order valence-electron chi connectivity index (χ1n) is 8.62. The molecular formula is C20H19N5O3S. The average molecular weight is 409 g/mol. The number of aromatic nitrogens is 1. The van der Waals surface area contributed by atoms with Crippen LogP contribution in [0.25, 0.3) is 0 Å². The van der Waals surface area contributed by atoms with Crippen molar-refractivity contribution in [3.63, 3.8) is 0 Å². The second kappa shape index (κ2) is 9.47. The number of nitrogens with zero attached hydrogens (tertiary/aromatic N) is 3. The van der Waals surface area contributed by atoms with Gasteiger partial charge in [0.15, 0.2) is 5.13 Å². The molecule has 0 spiro atoms. The molecule has 3 rings (SSSR count). The number of methoxy groups -OCH3 is 1. The van der Waals surface area contributed by atoms with Gasteiger partial charge in [0.05, 0.1) is 24.7 Å². The largest absolute Gasteiger partial charge is 0.497 e. The third-order valence-corrected chi connectivity index (χ3v) is 4.59. The highest BCUT2D eigenvalue weighted by Gasteiger charge is 2.17. The highest BCUT2D eigenvalue weighted by Crippen LogP contribution is 2.29. The third-order valence-electron chi connectivity index (χ3n) is 3.74. The molecule has 0 saturated carbocycles.